The number of hydrogen-bond acceptors (Lipinski definition) is 9. The molecule has 168 valence electrons. The van der Waals surface area contributed by atoms with E-state index >= 15 is 0 Å². The van der Waals surface area contributed by atoms with E-state index in [1.54, 1.807) is 30.3 Å². The molecule has 13 heteroatoms. The van der Waals surface area contributed by atoms with Crippen LogP contribution in [0.5, 0.6) is 0 Å². The van der Waals surface area contributed by atoms with Gasteiger partial charge in [0, 0.05) is 17.8 Å². The average molecular weight is 485 g/mol. The monoisotopic (exact) mass is 484 g/mol. The molecule has 0 aliphatic rings. The van der Waals surface area contributed by atoms with Crippen LogP contribution in [0.2, 0.25) is 0 Å². The SMILES string of the molecule is Nc1c(N=Nc2ccc(S(=O)(=O)Nc3ncccn3)cc2)c(S(=O)(=O)O)cc2ccccc12. The molecule has 0 unspecified atom stereocenters. The number of hydrogen-bond donors (Lipinski definition) is 3. The van der Waals surface area contributed by atoms with Gasteiger partial charge in [-0.1, -0.05) is 24.3 Å². The van der Waals surface area contributed by atoms with Crippen molar-refractivity contribution in [2.24, 2.45) is 10.2 Å². The second kappa shape index (κ2) is 8.54. The van der Waals surface area contributed by atoms with E-state index in [0.29, 0.717) is 10.8 Å². The molecule has 0 aliphatic heterocycles. The van der Waals surface area contributed by atoms with Crippen LogP contribution in [0.15, 0.2) is 93.1 Å². The fourth-order valence-electron chi connectivity index (χ4n) is 2.97. The number of benzene rings is 3. The topological polar surface area (TPSA) is 177 Å². The lowest BCUT2D eigenvalue weighted by molar-refractivity contribution is 0.483. The Balaban J connectivity index is 1.67. The van der Waals surface area contributed by atoms with Gasteiger partial charge in [0.25, 0.3) is 20.1 Å². The molecule has 0 radical (unpaired) electrons. The van der Waals surface area contributed by atoms with Gasteiger partial charge in [-0.25, -0.2) is 23.1 Å². The van der Waals surface area contributed by atoms with E-state index in [0.717, 1.165) is 0 Å². The minimum atomic E-state index is -4.64. The van der Waals surface area contributed by atoms with Crippen molar-refractivity contribution >= 4 is 53.9 Å². The molecule has 4 rings (SSSR count). The van der Waals surface area contributed by atoms with Crippen LogP contribution in [0, 0.1) is 0 Å². The van der Waals surface area contributed by atoms with Crippen molar-refractivity contribution in [3.8, 4) is 0 Å². The zero-order valence-electron chi connectivity index (χ0n) is 16.7. The third-order valence-electron chi connectivity index (χ3n) is 4.51. The fourth-order valence-corrected chi connectivity index (χ4v) is 4.60. The summed E-state index contributed by atoms with van der Waals surface area (Å²) in [6, 6.07) is 14.9. The molecule has 1 heterocycles. The highest BCUT2D eigenvalue weighted by molar-refractivity contribution is 7.92. The van der Waals surface area contributed by atoms with Gasteiger partial charge in [0.05, 0.1) is 16.3 Å². The fraction of sp³-hybridized carbons (Fsp3) is 0. The summed E-state index contributed by atoms with van der Waals surface area (Å²) in [6.45, 7) is 0. The van der Waals surface area contributed by atoms with Gasteiger partial charge in [-0.15, -0.1) is 5.11 Å². The molecule has 0 fully saturated rings. The normalized spacial score (nSPS) is 12.3. The highest BCUT2D eigenvalue weighted by atomic mass is 32.2. The van der Waals surface area contributed by atoms with Gasteiger partial charge in [0.1, 0.15) is 10.6 Å². The Kier molecular flexibility index (Phi) is 5.76. The molecule has 0 bridgehead atoms. The zero-order valence-corrected chi connectivity index (χ0v) is 18.3. The van der Waals surface area contributed by atoms with Crippen LogP contribution in [0.3, 0.4) is 0 Å². The first-order valence-electron chi connectivity index (χ1n) is 9.25. The summed E-state index contributed by atoms with van der Waals surface area (Å²) < 4.78 is 60.6. The lowest BCUT2D eigenvalue weighted by Crippen LogP contribution is -2.14. The molecule has 0 atom stereocenters. The van der Waals surface area contributed by atoms with Crippen molar-refractivity contribution in [3.63, 3.8) is 0 Å². The summed E-state index contributed by atoms with van der Waals surface area (Å²) in [6.07, 6.45) is 2.79. The van der Waals surface area contributed by atoms with Crippen molar-refractivity contribution in [3.05, 3.63) is 73.1 Å². The van der Waals surface area contributed by atoms with E-state index < -0.39 is 25.0 Å². The highest BCUT2D eigenvalue weighted by Gasteiger charge is 2.21. The van der Waals surface area contributed by atoms with Gasteiger partial charge in [0.15, 0.2) is 0 Å². The lowest BCUT2D eigenvalue weighted by Gasteiger charge is -2.09. The van der Waals surface area contributed by atoms with Crippen LogP contribution >= 0.6 is 0 Å². The highest BCUT2D eigenvalue weighted by Crippen LogP contribution is 2.38. The maximum atomic E-state index is 12.5. The lowest BCUT2D eigenvalue weighted by atomic mass is 10.1. The standard InChI is InChI=1S/C20H16N6O5S2/c21-18-16-5-2-1-4-13(16)12-17(33(29,30)31)19(18)25-24-14-6-8-15(9-7-14)32(27,28)26-20-22-10-3-11-23-20/h1-12H,21H2,(H,22,23,26)(H,29,30,31). The maximum absolute atomic E-state index is 12.5. The number of aromatic nitrogens is 2. The Bertz CT molecular complexity index is 1570. The second-order valence-corrected chi connectivity index (χ2v) is 9.78. The molecule has 3 aromatic carbocycles. The van der Waals surface area contributed by atoms with E-state index in [4.69, 9.17) is 5.73 Å². The molecule has 4 N–H and O–H groups in total. The van der Waals surface area contributed by atoms with Gasteiger partial charge in [0.2, 0.25) is 5.95 Å². The van der Waals surface area contributed by atoms with E-state index in [9.17, 15) is 21.4 Å². The van der Waals surface area contributed by atoms with E-state index in [1.165, 1.54) is 42.7 Å². The Hall–Kier alpha value is -3.94. The smallest absolute Gasteiger partial charge is 0.296 e. The van der Waals surface area contributed by atoms with Crippen molar-refractivity contribution in [1.29, 1.82) is 0 Å². The Morgan fingerprint density at radius 3 is 2.21 bits per heavy atom. The molecule has 0 amide bonds. The Morgan fingerprint density at radius 1 is 0.879 bits per heavy atom. The first-order valence-corrected chi connectivity index (χ1v) is 12.2. The second-order valence-electron chi connectivity index (χ2n) is 6.70. The van der Waals surface area contributed by atoms with Gasteiger partial charge in [-0.05, 0) is 41.8 Å². The van der Waals surface area contributed by atoms with E-state index in [1.807, 2.05) is 0 Å². The molecule has 4 aromatic rings. The van der Waals surface area contributed by atoms with Crippen LogP contribution in [0.25, 0.3) is 10.8 Å². The van der Waals surface area contributed by atoms with E-state index in [-0.39, 0.29) is 27.9 Å². The number of azo groups is 1. The molecule has 0 saturated carbocycles. The average Bonchev–Trinajstić information content (AvgIpc) is 2.78. The summed E-state index contributed by atoms with van der Waals surface area (Å²) in [5.74, 6) is -0.0780. The van der Waals surface area contributed by atoms with Crippen LogP contribution in [0.4, 0.5) is 23.0 Å². The molecule has 0 aliphatic carbocycles. The predicted octanol–water partition coefficient (Wildman–Crippen LogP) is 3.67. The third-order valence-corrected chi connectivity index (χ3v) is 6.72. The number of nitrogens with two attached hydrogens (primary N) is 1. The first kappa shape index (κ1) is 22.3. The molecular weight excluding hydrogens is 468 g/mol. The predicted molar refractivity (Wildman–Crippen MR) is 122 cm³/mol. The van der Waals surface area contributed by atoms with Gasteiger partial charge in [-0.2, -0.15) is 13.5 Å². The molecule has 0 saturated heterocycles. The van der Waals surface area contributed by atoms with Gasteiger partial charge < -0.3 is 5.73 Å². The summed E-state index contributed by atoms with van der Waals surface area (Å²) >= 11 is 0. The quantitative estimate of drug-likeness (QED) is 0.211. The molecule has 33 heavy (non-hydrogen) atoms. The van der Waals surface area contributed by atoms with Crippen molar-refractivity contribution < 1.29 is 21.4 Å². The maximum Gasteiger partial charge on any atom is 0.296 e. The largest absolute Gasteiger partial charge is 0.396 e. The number of nitrogens with zero attached hydrogens (tertiary/aromatic N) is 4. The molecule has 1 aromatic heterocycles. The Morgan fingerprint density at radius 2 is 1.55 bits per heavy atom. The van der Waals surface area contributed by atoms with Gasteiger partial charge >= 0.3 is 0 Å². The summed E-state index contributed by atoms with van der Waals surface area (Å²) in [5.41, 5.74) is 6.13. The third kappa shape index (κ3) is 4.79. The van der Waals surface area contributed by atoms with Crippen molar-refractivity contribution in [1.82, 2.24) is 9.97 Å². The summed E-state index contributed by atoms with van der Waals surface area (Å²) in [7, 11) is -8.57. The van der Waals surface area contributed by atoms with E-state index in [2.05, 4.69) is 24.9 Å². The van der Waals surface area contributed by atoms with Crippen LogP contribution in [-0.4, -0.2) is 31.4 Å². The molecule has 11 nitrogen and oxygen atoms in total. The summed E-state index contributed by atoms with van der Waals surface area (Å²) in [4.78, 5) is 7.06. The van der Waals surface area contributed by atoms with Crippen LogP contribution in [0.1, 0.15) is 0 Å². The first-order chi connectivity index (χ1) is 15.6. The minimum Gasteiger partial charge on any atom is -0.396 e. The molecule has 0 spiro atoms. The van der Waals surface area contributed by atoms with Gasteiger partial charge in [-0.3, -0.25) is 4.55 Å². The number of sulfonamides is 1. The van der Waals surface area contributed by atoms with Crippen molar-refractivity contribution in [2.45, 2.75) is 9.79 Å². The number of rotatable bonds is 6. The Labute approximate surface area is 188 Å². The minimum absolute atomic E-state index is 0.0238. The molecular formula is C20H16N6O5S2. The van der Waals surface area contributed by atoms with Crippen molar-refractivity contribution in [2.75, 3.05) is 10.5 Å². The number of nitrogens with one attached hydrogen (secondary N) is 1. The van der Waals surface area contributed by atoms with Crippen LogP contribution < -0.4 is 10.5 Å². The summed E-state index contributed by atoms with van der Waals surface area (Å²) in [5, 5.41) is 8.93. The number of anilines is 2. The zero-order chi connectivity index (χ0) is 23.6. The number of nitrogen functional groups attached to an aromatic ring is 1. The van der Waals surface area contributed by atoms with Crippen LogP contribution in [-0.2, 0) is 20.1 Å². The number of fused-ring (bicyclic) bond motifs is 1.